The second-order valence-electron chi connectivity index (χ2n) is 14.2. The van der Waals surface area contributed by atoms with Crippen LogP contribution < -0.4 is 0 Å². The Bertz CT molecular complexity index is 3000. The van der Waals surface area contributed by atoms with Crippen LogP contribution in [0.25, 0.3) is 62.1 Å². The van der Waals surface area contributed by atoms with Crippen LogP contribution in [-0.4, -0.2) is 19.9 Å². The molecule has 72 heavy (non-hydrogen) atoms. The monoisotopic (exact) mass is 1260 g/mol. The van der Waals surface area contributed by atoms with Crippen molar-refractivity contribution < 1.29 is 66.0 Å². The summed E-state index contributed by atoms with van der Waals surface area (Å²) in [5.74, 6) is 0. The van der Waals surface area contributed by atoms with Crippen molar-refractivity contribution in [2.24, 2.45) is 0 Å². The van der Waals surface area contributed by atoms with Crippen LogP contribution in [0.1, 0.15) is 0 Å². The number of para-hydroxylation sites is 8. The fourth-order valence-corrected chi connectivity index (χ4v) is 10.4. The quantitative estimate of drug-likeness (QED) is 0.109. The summed E-state index contributed by atoms with van der Waals surface area (Å²) in [6, 6.07) is 62.6. The predicted octanol–water partition coefficient (Wildman–Crippen LogP) is 18.1. The smallest absolute Gasteiger partial charge is 0.779 e. The predicted molar refractivity (Wildman–Crippen MR) is 297 cm³/mol. The van der Waals surface area contributed by atoms with Gasteiger partial charge in [-0.2, -0.15) is 19.6 Å². The van der Waals surface area contributed by atoms with Gasteiger partial charge in [0.05, 0.1) is 0 Å². The first-order valence-electron chi connectivity index (χ1n) is 20.6. The molecule has 368 valence electrons. The zero-order chi connectivity index (χ0) is 46.7. The minimum Gasteiger partial charge on any atom is -0.779 e. The van der Waals surface area contributed by atoms with E-state index in [1.165, 1.54) is 0 Å². The van der Waals surface area contributed by atoms with Crippen LogP contribution >= 0.6 is 45.3 Å². The maximum absolute atomic E-state index is 5.22. The standard InChI is InChI=1S/4C13H9N2S2.4Ni/c4*16-11-7-3-1-5-9(11)14-13-15-10-6-2-4-8-12(10)17-13;;;;/h4*1-8H,(H-,14,15,16);;;;/q4*-1;4*+2/p-4. The molecule has 0 aliphatic heterocycles. The summed E-state index contributed by atoms with van der Waals surface area (Å²) < 4.78 is 4.59. The van der Waals surface area contributed by atoms with Crippen LogP contribution in [0.5, 0.6) is 0 Å². The van der Waals surface area contributed by atoms with Gasteiger partial charge < -0.3 is 91.7 Å². The summed E-state index contributed by atoms with van der Waals surface area (Å²) in [5.41, 5.74) is 7.17. The van der Waals surface area contributed by atoms with E-state index in [0.29, 0.717) is 0 Å². The Labute approximate surface area is 495 Å². The van der Waals surface area contributed by atoms with Gasteiger partial charge in [-0.1, -0.05) is 193 Å². The molecule has 0 fully saturated rings. The minimum absolute atomic E-state index is 0. The Morgan fingerprint density at radius 1 is 0.250 bits per heavy atom. The van der Waals surface area contributed by atoms with Crippen LogP contribution in [0.3, 0.4) is 0 Å². The molecule has 0 unspecified atom stereocenters. The average molecular weight is 1260 g/mol. The first-order valence-corrected chi connectivity index (χ1v) is 25.5. The van der Waals surface area contributed by atoms with E-state index in [-0.39, 0.29) is 66.0 Å². The molecule has 0 radical (unpaired) electrons. The van der Waals surface area contributed by atoms with Crippen LogP contribution in [-0.2, 0) is 116 Å². The van der Waals surface area contributed by atoms with Gasteiger partial charge in [0, 0.05) is 18.8 Å². The van der Waals surface area contributed by atoms with Crippen LogP contribution in [0.15, 0.2) is 214 Å². The average Bonchev–Trinajstić information content (AvgIpc) is 4.17. The van der Waals surface area contributed by atoms with Crippen LogP contribution in [0.4, 0.5) is 43.3 Å². The molecule has 12 aromatic rings. The number of aromatic nitrogens is 4. The van der Waals surface area contributed by atoms with Gasteiger partial charge in [0.1, 0.15) is 0 Å². The molecule has 0 bridgehead atoms. The molecular formula is C52H32N8Ni4S8. The van der Waals surface area contributed by atoms with E-state index in [1.54, 1.807) is 45.3 Å². The van der Waals surface area contributed by atoms with E-state index in [4.69, 9.17) is 50.5 Å². The van der Waals surface area contributed by atoms with Crippen LogP contribution in [0.2, 0.25) is 0 Å². The van der Waals surface area contributed by atoms with E-state index in [0.717, 1.165) is 104 Å². The van der Waals surface area contributed by atoms with Crippen molar-refractivity contribution in [1.82, 2.24) is 19.9 Å². The van der Waals surface area contributed by atoms with Crippen molar-refractivity contribution in [3.05, 3.63) is 215 Å². The molecule has 4 aromatic heterocycles. The number of hydrogen-bond donors (Lipinski definition) is 0. The Kier molecular flexibility index (Phi) is 23.2. The molecule has 0 atom stereocenters. The number of nitrogens with zero attached hydrogens (tertiary/aromatic N) is 8. The van der Waals surface area contributed by atoms with E-state index < -0.39 is 0 Å². The zero-order valence-corrected chi connectivity index (χ0v) is 47.1. The summed E-state index contributed by atoms with van der Waals surface area (Å²) in [4.78, 5) is 20.8. The zero-order valence-electron chi connectivity index (χ0n) is 36.6. The molecule has 0 saturated carbocycles. The van der Waals surface area contributed by atoms with Gasteiger partial charge in [-0.3, -0.25) is 0 Å². The number of benzene rings is 8. The van der Waals surface area contributed by atoms with Gasteiger partial charge in [-0.15, -0.1) is 45.3 Å². The third-order valence-corrected chi connectivity index (χ3v) is 14.6. The fraction of sp³-hybridized carbons (Fsp3) is 0. The molecule has 4 heterocycles. The van der Waals surface area contributed by atoms with Crippen molar-refractivity contribution in [3.63, 3.8) is 0 Å². The molecule has 12 rings (SSSR count). The van der Waals surface area contributed by atoms with Gasteiger partial charge in [-0.25, -0.2) is 0 Å². The number of rotatable bonds is 8. The van der Waals surface area contributed by atoms with Crippen molar-refractivity contribution in [3.8, 4) is 0 Å². The van der Waals surface area contributed by atoms with Gasteiger partial charge in [0.15, 0.2) is 0 Å². The van der Waals surface area contributed by atoms with Gasteiger partial charge in [0.25, 0.3) is 0 Å². The Balaban J connectivity index is 0.000000175. The molecule has 0 aliphatic rings. The van der Waals surface area contributed by atoms with E-state index in [2.05, 4.69) is 41.2 Å². The summed E-state index contributed by atoms with van der Waals surface area (Å²) in [7, 11) is 0. The molecule has 8 aromatic carbocycles. The van der Waals surface area contributed by atoms with Gasteiger partial charge >= 0.3 is 66.0 Å². The molecule has 0 saturated heterocycles. The van der Waals surface area contributed by atoms with Crippen molar-refractivity contribution >= 4 is 180 Å². The van der Waals surface area contributed by atoms with Crippen molar-refractivity contribution in [1.29, 1.82) is 0 Å². The SMILES string of the molecule is [Ni+2].[Ni+2].[Ni+2].[Ni+2].[S-]c1ccccc1[N-]c1nc2ccccc2s1.[S-]c1ccccc1[N-]c1nc2ccccc2s1.[S-]c1ccccc1[N-]c1nc2ccccc2s1.[S-]c1ccccc1[N-]c1nc2ccccc2s1. The summed E-state index contributed by atoms with van der Waals surface area (Å²) >= 11 is 27.2. The maximum Gasteiger partial charge on any atom is 2.00 e. The molecule has 0 amide bonds. The topological polar surface area (TPSA) is 108 Å². The number of hydrogen-bond acceptors (Lipinski definition) is 12. The first kappa shape index (κ1) is 58.3. The summed E-state index contributed by atoms with van der Waals surface area (Å²) in [6.07, 6.45) is 0. The Morgan fingerprint density at radius 2 is 0.431 bits per heavy atom. The van der Waals surface area contributed by atoms with Gasteiger partial charge in [-0.05, 0) is 66.9 Å². The molecule has 8 nitrogen and oxygen atoms in total. The Morgan fingerprint density at radius 3 is 0.625 bits per heavy atom. The molecule has 0 spiro atoms. The maximum atomic E-state index is 5.22. The number of fused-ring (bicyclic) bond motifs is 4. The van der Waals surface area contributed by atoms with Gasteiger partial charge in [0.2, 0.25) is 0 Å². The largest absolute Gasteiger partial charge is 2.00 e. The third-order valence-electron chi connectivity index (χ3n) is 9.46. The molecule has 0 aliphatic carbocycles. The Hall–Kier alpha value is -4.63. The summed E-state index contributed by atoms with van der Waals surface area (Å²) in [5, 5.41) is 20.9. The normalized spacial score (nSPS) is 10.0. The molecular weight excluding hydrogens is 1230 g/mol. The second kappa shape index (κ2) is 28.7. The molecule has 20 heteroatoms. The third kappa shape index (κ3) is 15.7. The summed E-state index contributed by atoms with van der Waals surface area (Å²) in [6.45, 7) is 0. The minimum atomic E-state index is 0. The van der Waals surface area contributed by atoms with Crippen molar-refractivity contribution in [2.75, 3.05) is 0 Å². The molecule has 0 N–H and O–H groups in total. The second-order valence-corrected chi connectivity index (χ2v) is 20.0. The van der Waals surface area contributed by atoms with E-state index in [9.17, 15) is 0 Å². The fourth-order valence-electron chi connectivity index (χ4n) is 6.24. The first-order chi connectivity index (χ1) is 33.3. The van der Waals surface area contributed by atoms with Crippen molar-refractivity contribution in [2.45, 2.75) is 19.6 Å². The number of thiazole rings is 4. The van der Waals surface area contributed by atoms with Crippen LogP contribution in [0, 0.1) is 0 Å². The van der Waals surface area contributed by atoms with E-state index in [1.807, 2.05) is 194 Å². The van der Waals surface area contributed by atoms with E-state index >= 15 is 0 Å².